The number of aromatic nitrogens is 2. The largest absolute Gasteiger partial charge is 0.477 e. The van der Waals surface area contributed by atoms with Crippen molar-refractivity contribution in [1.82, 2.24) is 9.97 Å². The molecular formula is C9H12F3N3O. The average Bonchev–Trinajstić information content (AvgIpc) is 2.17. The zero-order valence-electron chi connectivity index (χ0n) is 8.71. The second-order valence-corrected chi connectivity index (χ2v) is 3.26. The van der Waals surface area contributed by atoms with E-state index in [-0.39, 0.29) is 24.7 Å². The first-order chi connectivity index (χ1) is 7.40. The zero-order valence-corrected chi connectivity index (χ0v) is 8.71. The van der Waals surface area contributed by atoms with E-state index in [2.05, 4.69) is 9.97 Å². The van der Waals surface area contributed by atoms with Crippen LogP contribution in [-0.4, -0.2) is 22.8 Å². The van der Waals surface area contributed by atoms with Gasteiger partial charge < -0.3 is 10.5 Å². The number of anilines is 1. The highest BCUT2D eigenvalue weighted by Gasteiger charge is 2.26. The molecule has 1 heterocycles. The Morgan fingerprint density at radius 2 is 2.06 bits per heavy atom. The van der Waals surface area contributed by atoms with Crippen LogP contribution in [0.3, 0.4) is 0 Å². The lowest BCUT2D eigenvalue weighted by molar-refractivity contribution is -0.136. The zero-order chi connectivity index (χ0) is 12.2. The lowest BCUT2D eigenvalue weighted by atomic mass is 10.3. The maximum Gasteiger partial charge on any atom is 0.389 e. The van der Waals surface area contributed by atoms with E-state index >= 15 is 0 Å². The third kappa shape index (κ3) is 3.92. The van der Waals surface area contributed by atoms with Gasteiger partial charge in [-0.25, -0.2) is 9.97 Å². The fourth-order valence-corrected chi connectivity index (χ4v) is 1.03. The van der Waals surface area contributed by atoms with Crippen molar-refractivity contribution in [3.05, 3.63) is 11.9 Å². The molecule has 0 amide bonds. The molecular weight excluding hydrogens is 223 g/mol. The molecule has 0 unspecified atom stereocenters. The summed E-state index contributed by atoms with van der Waals surface area (Å²) in [6, 6.07) is 0. The quantitative estimate of drug-likeness (QED) is 0.812. The summed E-state index contributed by atoms with van der Waals surface area (Å²) in [5, 5.41) is 0. The monoisotopic (exact) mass is 235 g/mol. The summed E-state index contributed by atoms with van der Waals surface area (Å²) in [4.78, 5) is 7.49. The lowest BCUT2D eigenvalue weighted by Gasteiger charge is -2.09. The van der Waals surface area contributed by atoms with E-state index in [1.54, 1.807) is 6.92 Å². The van der Waals surface area contributed by atoms with Gasteiger partial charge in [0.2, 0.25) is 5.88 Å². The molecule has 1 aromatic rings. The first-order valence-corrected chi connectivity index (χ1v) is 4.67. The summed E-state index contributed by atoms with van der Waals surface area (Å²) in [7, 11) is 0. The minimum Gasteiger partial charge on any atom is -0.477 e. The summed E-state index contributed by atoms with van der Waals surface area (Å²) in [5.41, 5.74) is 6.02. The second kappa shape index (κ2) is 5.00. The van der Waals surface area contributed by atoms with Crippen LogP contribution >= 0.6 is 0 Å². The van der Waals surface area contributed by atoms with Gasteiger partial charge in [-0.1, -0.05) is 0 Å². The molecule has 4 nitrogen and oxygen atoms in total. The molecule has 0 radical (unpaired) electrons. The van der Waals surface area contributed by atoms with E-state index in [4.69, 9.17) is 10.5 Å². The summed E-state index contributed by atoms with van der Waals surface area (Å²) >= 11 is 0. The predicted molar refractivity (Wildman–Crippen MR) is 52.0 cm³/mol. The van der Waals surface area contributed by atoms with Crippen LogP contribution in [0.25, 0.3) is 0 Å². The van der Waals surface area contributed by atoms with Crippen LogP contribution in [0.15, 0.2) is 6.33 Å². The fourth-order valence-electron chi connectivity index (χ4n) is 1.03. The van der Waals surface area contributed by atoms with Crippen LogP contribution < -0.4 is 10.5 Å². The van der Waals surface area contributed by atoms with Crippen LogP contribution in [0.2, 0.25) is 0 Å². The van der Waals surface area contributed by atoms with Gasteiger partial charge in [-0.2, -0.15) is 13.2 Å². The van der Waals surface area contributed by atoms with Gasteiger partial charge in [-0.3, -0.25) is 0 Å². The molecule has 0 bridgehead atoms. The molecule has 7 heteroatoms. The minimum absolute atomic E-state index is 0.0448. The van der Waals surface area contributed by atoms with E-state index in [1.165, 1.54) is 6.33 Å². The van der Waals surface area contributed by atoms with Crippen molar-refractivity contribution >= 4 is 5.82 Å². The van der Waals surface area contributed by atoms with Crippen molar-refractivity contribution in [3.63, 3.8) is 0 Å². The average molecular weight is 235 g/mol. The van der Waals surface area contributed by atoms with E-state index in [9.17, 15) is 13.2 Å². The molecule has 2 N–H and O–H groups in total. The Hall–Kier alpha value is -1.53. The van der Waals surface area contributed by atoms with Crippen LogP contribution in [0.1, 0.15) is 18.4 Å². The maximum atomic E-state index is 11.8. The molecule has 0 aliphatic carbocycles. The Morgan fingerprint density at radius 1 is 1.38 bits per heavy atom. The maximum absolute atomic E-state index is 11.8. The normalized spacial score (nSPS) is 11.5. The standard InChI is InChI=1S/C9H12F3N3O/c1-6-7(13)14-5-15-8(6)16-4-2-3-9(10,11)12/h5H,2-4H2,1H3,(H2,13,14,15). The van der Waals surface area contributed by atoms with Crippen molar-refractivity contribution in [1.29, 1.82) is 0 Å². The molecule has 0 saturated carbocycles. The molecule has 0 fully saturated rings. The van der Waals surface area contributed by atoms with Gasteiger partial charge in [0.25, 0.3) is 0 Å². The van der Waals surface area contributed by atoms with Gasteiger partial charge in [0.1, 0.15) is 12.1 Å². The van der Waals surface area contributed by atoms with E-state index in [0.717, 1.165) is 0 Å². The first-order valence-electron chi connectivity index (χ1n) is 4.67. The Morgan fingerprint density at radius 3 is 2.69 bits per heavy atom. The molecule has 16 heavy (non-hydrogen) atoms. The highest BCUT2D eigenvalue weighted by atomic mass is 19.4. The number of hydrogen-bond donors (Lipinski definition) is 1. The summed E-state index contributed by atoms with van der Waals surface area (Å²) in [6.07, 6.45) is -3.91. The number of ether oxygens (including phenoxy) is 1. The van der Waals surface area contributed by atoms with Gasteiger partial charge in [-0.05, 0) is 13.3 Å². The molecule has 0 spiro atoms. The highest BCUT2D eigenvalue weighted by Crippen LogP contribution is 2.22. The van der Waals surface area contributed by atoms with Crippen molar-refractivity contribution in [2.45, 2.75) is 25.9 Å². The minimum atomic E-state index is -4.15. The van der Waals surface area contributed by atoms with Crippen molar-refractivity contribution < 1.29 is 17.9 Å². The smallest absolute Gasteiger partial charge is 0.389 e. The van der Waals surface area contributed by atoms with Gasteiger partial charge in [0.15, 0.2) is 0 Å². The van der Waals surface area contributed by atoms with Crippen LogP contribution in [0, 0.1) is 6.92 Å². The van der Waals surface area contributed by atoms with E-state index < -0.39 is 12.6 Å². The molecule has 1 rings (SSSR count). The van der Waals surface area contributed by atoms with Gasteiger partial charge in [0.05, 0.1) is 12.2 Å². The topological polar surface area (TPSA) is 61.0 Å². The van der Waals surface area contributed by atoms with E-state index in [1.807, 2.05) is 0 Å². The molecule has 90 valence electrons. The van der Waals surface area contributed by atoms with Crippen molar-refractivity contribution in [3.8, 4) is 5.88 Å². The number of halogens is 3. The number of rotatable bonds is 4. The second-order valence-electron chi connectivity index (χ2n) is 3.26. The molecule has 1 aromatic heterocycles. The number of nitrogen functional groups attached to an aromatic ring is 1. The first kappa shape index (κ1) is 12.5. The third-order valence-electron chi connectivity index (χ3n) is 1.92. The molecule has 0 atom stereocenters. The van der Waals surface area contributed by atoms with Crippen molar-refractivity contribution in [2.75, 3.05) is 12.3 Å². The third-order valence-corrected chi connectivity index (χ3v) is 1.92. The van der Waals surface area contributed by atoms with Gasteiger partial charge in [-0.15, -0.1) is 0 Å². The van der Waals surface area contributed by atoms with Crippen LogP contribution in [-0.2, 0) is 0 Å². The summed E-state index contributed by atoms with van der Waals surface area (Å²) < 4.78 is 40.6. The fraction of sp³-hybridized carbons (Fsp3) is 0.556. The Kier molecular flexibility index (Phi) is 3.92. The number of hydrogen-bond acceptors (Lipinski definition) is 4. The Balaban J connectivity index is 2.41. The summed E-state index contributed by atoms with van der Waals surface area (Å²) in [5.74, 6) is 0.496. The van der Waals surface area contributed by atoms with Gasteiger partial charge >= 0.3 is 6.18 Å². The highest BCUT2D eigenvalue weighted by molar-refractivity contribution is 5.42. The van der Waals surface area contributed by atoms with Crippen LogP contribution in [0.4, 0.5) is 19.0 Å². The Bertz CT molecular complexity index is 354. The van der Waals surface area contributed by atoms with Crippen molar-refractivity contribution in [2.24, 2.45) is 0 Å². The number of alkyl halides is 3. The predicted octanol–water partition coefficient (Wildman–Crippen LogP) is 2.09. The SMILES string of the molecule is Cc1c(N)ncnc1OCCCC(F)(F)F. The molecule has 0 aliphatic heterocycles. The lowest BCUT2D eigenvalue weighted by Crippen LogP contribution is -2.10. The molecule has 0 aliphatic rings. The van der Waals surface area contributed by atoms with Gasteiger partial charge in [0, 0.05) is 6.42 Å². The molecule has 0 aromatic carbocycles. The van der Waals surface area contributed by atoms with E-state index in [0.29, 0.717) is 5.56 Å². The molecule has 0 saturated heterocycles. The van der Waals surface area contributed by atoms with Crippen LogP contribution in [0.5, 0.6) is 5.88 Å². The Labute approximate surface area is 90.6 Å². The number of nitrogens with two attached hydrogens (primary N) is 1. The summed E-state index contributed by atoms with van der Waals surface area (Å²) in [6.45, 7) is 1.60. The number of nitrogens with zero attached hydrogens (tertiary/aromatic N) is 2.